The maximum absolute atomic E-state index is 11.9. The predicted molar refractivity (Wildman–Crippen MR) is 92.4 cm³/mol. The summed E-state index contributed by atoms with van der Waals surface area (Å²) in [4.78, 5) is 14.0. The number of benzene rings is 1. The van der Waals surface area contributed by atoms with E-state index in [4.69, 9.17) is 0 Å². The Balaban J connectivity index is 2.73. The lowest BCUT2D eigenvalue weighted by atomic mass is 9.84. The van der Waals surface area contributed by atoms with E-state index in [-0.39, 0.29) is 11.5 Å². The molecule has 0 saturated carbocycles. The average molecular weight is 301 g/mol. The van der Waals surface area contributed by atoms with Crippen molar-refractivity contribution in [1.82, 2.24) is 0 Å². The van der Waals surface area contributed by atoms with Crippen LogP contribution in [0.3, 0.4) is 0 Å². The predicted octanol–water partition coefficient (Wildman–Crippen LogP) is 4.41. The highest BCUT2D eigenvalue weighted by atomic mass is 16.4. The van der Waals surface area contributed by atoms with Crippen LogP contribution >= 0.6 is 0 Å². The number of carboxylic acid groups (broad SMARTS) is 1. The number of aliphatic carboxylic acids is 1. The Morgan fingerprint density at radius 2 is 1.68 bits per heavy atom. The molecule has 0 aliphatic carbocycles. The molecule has 2 rings (SSSR count). The number of aryl methyl sites for hydroxylation is 2. The van der Waals surface area contributed by atoms with Gasteiger partial charge in [0, 0.05) is 11.3 Å². The van der Waals surface area contributed by atoms with Gasteiger partial charge in [-0.15, -0.1) is 0 Å². The molecular weight excluding hydrogens is 274 g/mol. The largest absolute Gasteiger partial charge is 0.480 e. The molecule has 0 fully saturated rings. The van der Waals surface area contributed by atoms with Crippen molar-refractivity contribution in [1.29, 1.82) is 0 Å². The first-order chi connectivity index (χ1) is 10.1. The van der Waals surface area contributed by atoms with Crippen LogP contribution in [0.15, 0.2) is 18.2 Å². The summed E-state index contributed by atoms with van der Waals surface area (Å²) in [6.45, 7) is 14.4. The van der Waals surface area contributed by atoms with Gasteiger partial charge in [0.25, 0.3) is 0 Å². The van der Waals surface area contributed by atoms with Gasteiger partial charge in [-0.3, -0.25) is 0 Å². The number of nitrogens with zero attached hydrogens (tertiary/aromatic N) is 1. The quantitative estimate of drug-likeness (QED) is 0.898. The van der Waals surface area contributed by atoms with Crippen molar-refractivity contribution in [2.24, 2.45) is 5.92 Å². The molecule has 0 aromatic heterocycles. The van der Waals surface area contributed by atoms with Gasteiger partial charge in [-0.05, 0) is 69.4 Å². The SMILES string of the molecule is CC1=CC(C)(C)N(C(C(=O)O)C(C)C)c2cc(C)c(C)cc21. The molecule has 1 unspecified atom stereocenters. The number of fused-ring (bicyclic) bond motifs is 1. The first-order valence-corrected chi connectivity index (χ1v) is 7.89. The number of hydrogen-bond donors (Lipinski definition) is 1. The third-order valence-corrected chi connectivity index (χ3v) is 4.65. The summed E-state index contributed by atoms with van der Waals surface area (Å²) >= 11 is 0. The fourth-order valence-electron chi connectivity index (χ4n) is 3.51. The molecule has 120 valence electrons. The van der Waals surface area contributed by atoms with Crippen molar-refractivity contribution in [3.8, 4) is 0 Å². The minimum Gasteiger partial charge on any atom is -0.480 e. The fourth-order valence-corrected chi connectivity index (χ4v) is 3.51. The Labute approximate surface area is 133 Å². The van der Waals surface area contributed by atoms with Gasteiger partial charge >= 0.3 is 5.97 Å². The second-order valence-electron chi connectivity index (χ2n) is 7.33. The van der Waals surface area contributed by atoms with Gasteiger partial charge in [0.1, 0.15) is 6.04 Å². The van der Waals surface area contributed by atoms with Crippen LogP contribution < -0.4 is 4.90 Å². The summed E-state index contributed by atoms with van der Waals surface area (Å²) < 4.78 is 0. The third-order valence-electron chi connectivity index (χ3n) is 4.65. The number of hydrogen-bond acceptors (Lipinski definition) is 2. The van der Waals surface area contributed by atoms with E-state index in [9.17, 15) is 9.90 Å². The smallest absolute Gasteiger partial charge is 0.326 e. The lowest BCUT2D eigenvalue weighted by Gasteiger charge is -2.47. The maximum atomic E-state index is 11.9. The van der Waals surface area contributed by atoms with E-state index in [2.05, 4.69) is 57.7 Å². The molecule has 22 heavy (non-hydrogen) atoms. The van der Waals surface area contributed by atoms with Gasteiger partial charge < -0.3 is 10.0 Å². The molecule has 1 aliphatic heterocycles. The molecule has 3 nitrogen and oxygen atoms in total. The molecular formula is C19H27NO2. The van der Waals surface area contributed by atoms with Crippen LogP contribution in [0.5, 0.6) is 0 Å². The van der Waals surface area contributed by atoms with E-state index >= 15 is 0 Å². The molecule has 0 radical (unpaired) electrons. The Bertz CT molecular complexity index is 641. The minimum absolute atomic E-state index is 0.0260. The highest BCUT2D eigenvalue weighted by Gasteiger charge is 2.40. The van der Waals surface area contributed by atoms with E-state index in [0.29, 0.717) is 0 Å². The normalized spacial score (nSPS) is 18.0. The molecule has 0 bridgehead atoms. The second kappa shape index (κ2) is 5.45. The standard InChI is InChI=1S/C19H27NO2/c1-11(2)17(18(21)22)20-16-9-13(4)12(3)8-15(16)14(5)10-19(20,6)7/h8-11,17H,1-7H3,(H,21,22). The monoisotopic (exact) mass is 301 g/mol. The topological polar surface area (TPSA) is 40.5 Å². The summed E-state index contributed by atoms with van der Waals surface area (Å²) in [6.07, 6.45) is 2.18. The minimum atomic E-state index is -0.764. The summed E-state index contributed by atoms with van der Waals surface area (Å²) in [5, 5.41) is 9.78. The molecule has 3 heteroatoms. The van der Waals surface area contributed by atoms with Gasteiger partial charge in [0.15, 0.2) is 0 Å². The lowest BCUT2D eigenvalue weighted by molar-refractivity contribution is -0.140. The molecule has 0 spiro atoms. The number of anilines is 1. The van der Waals surface area contributed by atoms with Gasteiger partial charge in [-0.2, -0.15) is 0 Å². The average Bonchev–Trinajstić information content (AvgIpc) is 2.35. The Morgan fingerprint density at radius 3 is 2.18 bits per heavy atom. The summed E-state index contributed by atoms with van der Waals surface area (Å²) in [5.41, 5.74) is 5.51. The van der Waals surface area contributed by atoms with E-state index in [1.165, 1.54) is 16.7 Å². The zero-order valence-electron chi connectivity index (χ0n) is 14.7. The van der Waals surface area contributed by atoms with Gasteiger partial charge in [0.2, 0.25) is 0 Å². The summed E-state index contributed by atoms with van der Waals surface area (Å²) in [5.74, 6) is -0.738. The van der Waals surface area contributed by atoms with Crippen LogP contribution in [0.1, 0.15) is 51.3 Å². The maximum Gasteiger partial charge on any atom is 0.326 e. The fraction of sp³-hybridized carbons (Fsp3) is 0.526. The van der Waals surface area contributed by atoms with E-state index in [1.807, 2.05) is 13.8 Å². The number of rotatable bonds is 3. The summed E-state index contributed by atoms with van der Waals surface area (Å²) in [7, 11) is 0. The van der Waals surface area contributed by atoms with Crippen molar-refractivity contribution in [2.75, 3.05) is 4.90 Å². The summed E-state index contributed by atoms with van der Waals surface area (Å²) in [6, 6.07) is 3.78. The van der Waals surface area contributed by atoms with Crippen LogP contribution in [0.25, 0.3) is 5.57 Å². The van der Waals surface area contributed by atoms with Crippen LogP contribution in [0.4, 0.5) is 5.69 Å². The van der Waals surface area contributed by atoms with Crippen molar-refractivity contribution in [3.05, 3.63) is 34.9 Å². The van der Waals surface area contributed by atoms with Crippen LogP contribution in [-0.4, -0.2) is 22.7 Å². The Kier molecular flexibility index (Phi) is 4.12. The van der Waals surface area contributed by atoms with Gasteiger partial charge in [0.05, 0.1) is 5.54 Å². The van der Waals surface area contributed by atoms with Crippen molar-refractivity contribution in [3.63, 3.8) is 0 Å². The number of carboxylic acids is 1. The second-order valence-corrected chi connectivity index (χ2v) is 7.33. The van der Waals surface area contributed by atoms with Crippen LogP contribution in [0, 0.1) is 19.8 Å². The molecule has 1 aromatic rings. The van der Waals surface area contributed by atoms with Crippen LogP contribution in [-0.2, 0) is 4.79 Å². The zero-order valence-corrected chi connectivity index (χ0v) is 14.7. The zero-order chi connectivity index (χ0) is 16.8. The highest BCUT2D eigenvalue weighted by molar-refractivity contribution is 5.87. The first-order valence-electron chi connectivity index (χ1n) is 7.89. The van der Waals surface area contributed by atoms with Crippen molar-refractivity contribution in [2.45, 2.75) is 60.0 Å². The van der Waals surface area contributed by atoms with Crippen molar-refractivity contribution < 1.29 is 9.90 Å². The van der Waals surface area contributed by atoms with Crippen LogP contribution in [0.2, 0.25) is 0 Å². The Morgan fingerprint density at radius 1 is 1.14 bits per heavy atom. The van der Waals surface area contributed by atoms with Crippen molar-refractivity contribution >= 4 is 17.2 Å². The van der Waals surface area contributed by atoms with E-state index in [1.54, 1.807) is 0 Å². The molecule has 0 saturated heterocycles. The Hall–Kier alpha value is -1.77. The number of allylic oxidation sites excluding steroid dienone is 1. The third kappa shape index (κ3) is 2.65. The first kappa shape index (κ1) is 16.6. The highest BCUT2D eigenvalue weighted by Crippen LogP contribution is 2.42. The molecule has 1 heterocycles. The van der Waals surface area contributed by atoms with Gasteiger partial charge in [-0.1, -0.05) is 19.9 Å². The molecule has 1 aliphatic rings. The molecule has 0 amide bonds. The van der Waals surface area contributed by atoms with E-state index in [0.717, 1.165) is 11.3 Å². The molecule has 1 aromatic carbocycles. The lowest BCUT2D eigenvalue weighted by Crippen LogP contribution is -2.56. The van der Waals surface area contributed by atoms with Gasteiger partial charge in [-0.25, -0.2) is 4.79 Å². The van der Waals surface area contributed by atoms with E-state index < -0.39 is 12.0 Å². The molecule has 1 N–H and O–H groups in total. The number of carbonyl (C=O) groups is 1. The molecule has 1 atom stereocenters.